The first kappa shape index (κ1) is 14.9. The average Bonchev–Trinajstić information content (AvgIpc) is 2.22. The third kappa shape index (κ3) is 3.94. The topological polar surface area (TPSA) is 38.5 Å². The van der Waals surface area contributed by atoms with Gasteiger partial charge in [0.2, 0.25) is 0 Å². The van der Waals surface area contributed by atoms with E-state index in [9.17, 15) is 0 Å². The van der Waals surface area contributed by atoms with Crippen molar-refractivity contribution in [2.24, 2.45) is 11.7 Å². The lowest BCUT2D eigenvalue weighted by Crippen LogP contribution is -2.58. The molecule has 0 amide bonds. The second-order valence-electron chi connectivity index (χ2n) is 6.00. The summed E-state index contributed by atoms with van der Waals surface area (Å²) in [6.45, 7) is 13.8. The summed E-state index contributed by atoms with van der Waals surface area (Å²) in [7, 11) is 0. The van der Waals surface area contributed by atoms with Crippen molar-refractivity contribution in [2.75, 3.05) is 19.6 Å². The standard InChI is InChI=1S/C14H30N2O/c1-6-12(7-2)13(8-15)16-9-11(3)17-14(4,5)10-16/h11-13H,6-10,15H2,1-5H3. The summed E-state index contributed by atoms with van der Waals surface area (Å²) < 4.78 is 5.96. The van der Waals surface area contributed by atoms with Crippen molar-refractivity contribution in [2.45, 2.75) is 65.2 Å². The Morgan fingerprint density at radius 3 is 2.35 bits per heavy atom. The zero-order valence-electron chi connectivity index (χ0n) is 12.2. The van der Waals surface area contributed by atoms with E-state index in [1.165, 1.54) is 12.8 Å². The minimum Gasteiger partial charge on any atom is -0.370 e. The molecule has 0 aliphatic carbocycles. The number of nitrogens with two attached hydrogens (primary N) is 1. The number of nitrogens with zero attached hydrogens (tertiary/aromatic N) is 1. The second-order valence-corrected chi connectivity index (χ2v) is 6.00. The van der Waals surface area contributed by atoms with Crippen molar-refractivity contribution in [3.05, 3.63) is 0 Å². The molecule has 0 radical (unpaired) electrons. The van der Waals surface area contributed by atoms with Crippen molar-refractivity contribution in [3.8, 4) is 0 Å². The van der Waals surface area contributed by atoms with E-state index in [-0.39, 0.29) is 5.60 Å². The monoisotopic (exact) mass is 242 g/mol. The normalized spacial score (nSPS) is 27.4. The third-order valence-corrected chi connectivity index (χ3v) is 3.90. The van der Waals surface area contributed by atoms with Crippen LogP contribution in [0.15, 0.2) is 0 Å². The van der Waals surface area contributed by atoms with Gasteiger partial charge in [-0.1, -0.05) is 26.7 Å². The van der Waals surface area contributed by atoms with Gasteiger partial charge in [-0.3, -0.25) is 4.90 Å². The lowest BCUT2D eigenvalue weighted by molar-refractivity contribution is -0.141. The van der Waals surface area contributed by atoms with Crippen LogP contribution in [0.25, 0.3) is 0 Å². The molecule has 17 heavy (non-hydrogen) atoms. The maximum Gasteiger partial charge on any atom is 0.0757 e. The molecule has 0 aromatic rings. The van der Waals surface area contributed by atoms with Crippen molar-refractivity contribution in [1.29, 1.82) is 0 Å². The maximum absolute atomic E-state index is 6.01. The molecule has 102 valence electrons. The highest BCUT2D eigenvalue weighted by Gasteiger charge is 2.36. The van der Waals surface area contributed by atoms with E-state index in [1.807, 2.05) is 0 Å². The molecule has 3 nitrogen and oxygen atoms in total. The maximum atomic E-state index is 6.01. The van der Waals surface area contributed by atoms with Crippen molar-refractivity contribution in [3.63, 3.8) is 0 Å². The molecule has 1 heterocycles. The molecule has 3 heteroatoms. The summed E-state index contributed by atoms with van der Waals surface area (Å²) in [6.07, 6.45) is 2.73. The van der Waals surface area contributed by atoms with Crippen molar-refractivity contribution < 1.29 is 4.74 Å². The van der Waals surface area contributed by atoms with Gasteiger partial charge in [0.05, 0.1) is 11.7 Å². The van der Waals surface area contributed by atoms with Crippen LogP contribution in [0, 0.1) is 5.92 Å². The molecule has 0 saturated carbocycles. The van der Waals surface area contributed by atoms with Gasteiger partial charge in [-0.15, -0.1) is 0 Å². The summed E-state index contributed by atoms with van der Waals surface area (Å²) >= 11 is 0. The zero-order chi connectivity index (χ0) is 13.1. The number of hydrogen-bond acceptors (Lipinski definition) is 3. The summed E-state index contributed by atoms with van der Waals surface area (Å²) in [4.78, 5) is 2.55. The highest BCUT2D eigenvalue weighted by molar-refractivity contribution is 4.89. The Bertz CT molecular complexity index is 226. The Morgan fingerprint density at radius 1 is 1.35 bits per heavy atom. The number of rotatable bonds is 5. The Labute approximate surface area is 107 Å². The van der Waals surface area contributed by atoms with Gasteiger partial charge >= 0.3 is 0 Å². The summed E-state index contributed by atoms with van der Waals surface area (Å²) in [6, 6.07) is 0.510. The van der Waals surface area contributed by atoms with Crippen LogP contribution in [-0.4, -0.2) is 42.3 Å². The van der Waals surface area contributed by atoms with Crippen molar-refractivity contribution >= 4 is 0 Å². The van der Waals surface area contributed by atoms with Crippen LogP contribution in [-0.2, 0) is 4.74 Å². The highest BCUT2D eigenvalue weighted by atomic mass is 16.5. The molecular formula is C14H30N2O. The minimum absolute atomic E-state index is 0.0445. The first-order valence-electron chi connectivity index (χ1n) is 7.05. The molecule has 2 N–H and O–H groups in total. The Kier molecular flexibility index (Phi) is 5.42. The fourth-order valence-corrected chi connectivity index (χ4v) is 3.23. The molecule has 0 bridgehead atoms. The summed E-state index contributed by atoms with van der Waals surface area (Å²) in [5.74, 6) is 0.709. The van der Waals surface area contributed by atoms with Crippen LogP contribution in [0.1, 0.15) is 47.5 Å². The Morgan fingerprint density at radius 2 is 1.94 bits per heavy atom. The molecule has 1 aliphatic rings. The van der Waals surface area contributed by atoms with Gasteiger partial charge in [0, 0.05) is 25.7 Å². The van der Waals surface area contributed by atoms with Gasteiger partial charge in [0.1, 0.15) is 0 Å². The summed E-state index contributed by atoms with van der Waals surface area (Å²) in [5.41, 5.74) is 5.96. The fourth-order valence-electron chi connectivity index (χ4n) is 3.23. The Balaban J connectivity index is 2.74. The van der Waals surface area contributed by atoms with Crippen LogP contribution >= 0.6 is 0 Å². The molecular weight excluding hydrogens is 212 g/mol. The van der Waals surface area contributed by atoms with Crippen LogP contribution in [0.4, 0.5) is 0 Å². The van der Waals surface area contributed by atoms with E-state index in [4.69, 9.17) is 10.5 Å². The lowest BCUT2D eigenvalue weighted by atomic mass is 9.91. The molecule has 1 fully saturated rings. The molecule has 0 aromatic heterocycles. The predicted octanol–water partition coefficient (Wildman–Crippen LogP) is 2.25. The fraction of sp³-hybridized carbons (Fsp3) is 1.00. The quantitative estimate of drug-likeness (QED) is 0.803. The first-order chi connectivity index (χ1) is 7.93. The number of ether oxygens (including phenoxy) is 1. The first-order valence-corrected chi connectivity index (χ1v) is 7.05. The van der Waals surface area contributed by atoms with Crippen LogP contribution in [0.5, 0.6) is 0 Å². The van der Waals surface area contributed by atoms with E-state index in [1.54, 1.807) is 0 Å². The van der Waals surface area contributed by atoms with E-state index < -0.39 is 0 Å². The van der Waals surface area contributed by atoms with E-state index in [0.29, 0.717) is 18.1 Å². The van der Waals surface area contributed by atoms with Gasteiger partial charge in [-0.05, 0) is 26.7 Å². The summed E-state index contributed by atoms with van der Waals surface area (Å²) in [5, 5.41) is 0. The molecule has 1 rings (SSSR count). The van der Waals surface area contributed by atoms with E-state index >= 15 is 0 Å². The van der Waals surface area contributed by atoms with Gasteiger partial charge in [0.15, 0.2) is 0 Å². The van der Waals surface area contributed by atoms with Gasteiger partial charge in [-0.2, -0.15) is 0 Å². The van der Waals surface area contributed by atoms with Gasteiger partial charge in [-0.25, -0.2) is 0 Å². The number of hydrogen-bond donors (Lipinski definition) is 1. The van der Waals surface area contributed by atoms with E-state index in [0.717, 1.165) is 19.6 Å². The van der Waals surface area contributed by atoms with Crippen LogP contribution in [0.3, 0.4) is 0 Å². The third-order valence-electron chi connectivity index (χ3n) is 3.90. The van der Waals surface area contributed by atoms with Crippen LogP contribution in [0.2, 0.25) is 0 Å². The largest absolute Gasteiger partial charge is 0.370 e. The molecule has 0 aromatic carbocycles. The molecule has 1 saturated heterocycles. The molecule has 2 unspecified atom stereocenters. The van der Waals surface area contributed by atoms with E-state index in [2.05, 4.69) is 39.5 Å². The lowest BCUT2D eigenvalue weighted by Gasteiger charge is -2.46. The van der Waals surface area contributed by atoms with Crippen molar-refractivity contribution in [1.82, 2.24) is 4.90 Å². The van der Waals surface area contributed by atoms with Gasteiger partial charge < -0.3 is 10.5 Å². The zero-order valence-corrected chi connectivity index (χ0v) is 12.2. The van der Waals surface area contributed by atoms with Crippen LogP contribution < -0.4 is 5.73 Å². The predicted molar refractivity (Wildman–Crippen MR) is 73.1 cm³/mol. The Hall–Kier alpha value is -0.120. The minimum atomic E-state index is -0.0445. The average molecular weight is 242 g/mol. The molecule has 1 aliphatic heterocycles. The SMILES string of the molecule is CCC(CC)C(CN)N1CC(C)OC(C)(C)C1. The molecule has 0 spiro atoms. The number of morpholine rings is 1. The smallest absolute Gasteiger partial charge is 0.0757 e. The second kappa shape index (κ2) is 6.17. The highest BCUT2D eigenvalue weighted by Crippen LogP contribution is 2.26. The van der Waals surface area contributed by atoms with Gasteiger partial charge in [0.25, 0.3) is 0 Å². The molecule has 2 atom stereocenters.